The van der Waals surface area contributed by atoms with Gasteiger partial charge in [0, 0.05) is 19.2 Å². The van der Waals surface area contributed by atoms with Gasteiger partial charge >= 0.3 is 0 Å². The second-order valence-electron chi connectivity index (χ2n) is 3.48. The van der Waals surface area contributed by atoms with E-state index < -0.39 is 0 Å². The maximum atomic E-state index is 3.55. The molecule has 0 atom stereocenters. The van der Waals surface area contributed by atoms with E-state index >= 15 is 0 Å². The zero-order valence-electron chi connectivity index (χ0n) is 6.74. The molecule has 0 radical (unpaired) electrons. The van der Waals surface area contributed by atoms with E-state index in [0.29, 0.717) is 0 Å². The average molecular weight is 298 g/mol. The van der Waals surface area contributed by atoms with Gasteiger partial charge < -0.3 is 0 Å². The fourth-order valence-electron chi connectivity index (χ4n) is 0.829. The first-order valence-corrected chi connectivity index (χ1v) is 5.82. The van der Waals surface area contributed by atoms with Crippen LogP contribution in [-0.4, -0.2) is 0 Å². The van der Waals surface area contributed by atoms with Gasteiger partial charge in [0.15, 0.2) is 0 Å². The molecule has 0 aliphatic rings. The van der Waals surface area contributed by atoms with Gasteiger partial charge in [0.1, 0.15) is 0 Å². The van der Waals surface area contributed by atoms with Gasteiger partial charge in [0.2, 0.25) is 0 Å². The highest BCUT2D eigenvalue weighted by Gasteiger charge is 2.20. The Bertz CT molecular complexity index is 258. The van der Waals surface area contributed by atoms with Crippen LogP contribution in [0.5, 0.6) is 0 Å². The number of hydrogen-bond donors (Lipinski definition) is 0. The van der Waals surface area contributed by atoms with Crippen molar-refractivity contribution in [2.24, 2.45) is 0 Å². The Balaban J connectivity index is 3.15. The van der Waals surface area contributed by atoms with Crippen molar-refractivity contribution < 1.29 is 0 Å². The highest BCUT2D eigenvalue weighted by molar-refractivity contribution is 9.13. The minimum Gasteiger partial charge on any atom is -0.146 e. The molecule has 0 aromatic carbocycles. The van der Waals surface area contributed by atoms with E-state index in [1.54, 1.807) is 11.3 Å². The lowest BCUT2D eigenvalue weighted by molar-refractivity contribution is 0.601. The second-order valence-corrected chi connectivity index (χ2v) is 6.00. The van der Waals surface area contributed by atoms with Crippen molar-refractivity contribution in [1.82, 2.24) is 0 Å². The maximum absolute atomic E-state index is 3.55. The second kappa shape index (κ2) is 3.19. The van der Waals surface area contributed by atoms with Crippen LogP contribution in [0.3, 0.4) is 0 Å². The third-order valence-electron chi connectivity index (χ3n) is 1.37. The molecule has 0 unspecified atom stereocenters. The number of halogens is 2. The van der Waals surface area contributed by atoms with Crippen LogP contribution in [0.25, 0.3) is 0 Å². The summed E-state index contributed by atoms with van der Waals surface area (Å²) in [5.74, 6) is 0. The Morgan fingerprint density at radius 3 is 2.00 bits per heavy atom. The molecule has 0 N–H and O–H groups in total. The van der Waals surface area contributed by atoms with E-state index in [0.717, 1.165) is 4.47 Å². The third-order valence-corrected chi connectivity index (χ3v) is 5.32. The van der Waals surface area contributed by atoms with Gasteiger partial charge in [-0.15, -0.1) is 11.3 Å². The van der Waals surface area contributed by atoms with Gasteiger partial charge in [-0.25, -0.2) is 0 Å². The fraction of sp³-hybridized carbons (Fsp3) is 0.500. The van der Waals surface area contributed by atoms with Crippen LogP contribution < -0.4 is 0 Å². The molecular weight excluding hydrogens is 288 g/mol. The number of rotatable bonds is 0. The Labute approximate surface area is 88.3 Å². The van der Waals surface area contributed by atoms with E-state index in [9.17, 15) is 0 Å². The lowest BCUT2D eigenvalue weighted by Gasteiger charge is -2.16. The topological polar surface area (TPSA) is 0 Å². The van der Waals surface area contributed by atoms with E-state index in [1.165, 1.54) is 9.35 Å². The van der Waals surface area contributed by atoms with E-state index in [4.69, 9.17) is 0 Å². The lowest BCUT2D eigenvalue weighted by Crippen LogP contribution is -2.08. The molecule has 1 aromatic heterocycles. The summed E-state index contributed by atoms with van der Waals surface area (Å²) < 4.78 is 2.36. The zero-order valence-corrected chi connectivity index (χ0v) is 10.7. The summed E-state index contributed by atoms with van der Waals surface area (Å²) in [6, 6.07) is 0. The van der Waals surface area contributed by atoms with E-state index in [-0.39, 0.29) is 5.41 Å². The number of hydrogen-bond acceptors (Lipinski definition) is 1. The van der Waals surface area contributed by atoms with Gasteiger partial charge in [-0.3, -0.25) is 0 Å². The lowest BCUT2D eigenvalue weighted by atomic mass is 9.95. The van der Waals surface area contributed by atoms with Crippen LogP contribution in [0.15, 0.2) is 14.3 Å². The fourth-order valence-corrected chi connectivity index (χ4v) is 3.49. The molecule has 0 saturated carbocycles. The van der Waals surface area contributed by atoms with Crippen molar-refractivity contribution in [2.45, 2.75) is 26.2 Å². The van der Waals surface area contributed by atoms with Crippen molar-refractivity contribution in [3.05, 3.63) is 19.2 Å². The quantitative estimate of drug-likeness (QED) is 0.658. The number of thiophene rings is 1. The van der Waals surface area contributed by atoms with Crippen molar-refractivity contribution >= 4 is 43.2 Å². The molecule has 1 aromatic rings. The summed E-state index contributed by atoms with van der Waals surface area (Å²) in [4.78, 5) is 1.39. The summed E-state index contributed by atoms with van der Waals surface area (Å²) in [6.45, 7) is 6.65. The SMILES string of the molecule is CC(C)(C)c1scc(Br)c1Br. The molecule has 62 valence electrons. The molecule has 1 rings (SSSR count). The molecule has 0 nitrogen and oxygen atoms in total. The molecule has 3 heteroatoms. The van der Waals surface area contributed by atoms with Gasteiger partial charge in [-0.2, -0.15) is 0 Å². The summed E-state index contributed by atoms with van der Waals surface area (Å²) >= 11 is 8.81. The molecule has 1 heterocycles. The van der Waals surface area contributed by atoms with Crippen molar-refractivity contribution in [3.8, 4) is 0 Å². The van der Waals surface area contributed by atoms with Crippen LogP contribution in [0, 0.1) is 0 Å². The summed E-state index contributed by atoms with van der Waals surface area (Å²) in [5.41, 5.74) is 0.246. The minimum absolute atomic E-state index is 0.246. The first-order chi connectivity index (χ1) is 4.93. The average Bonchev–Trinajstić information content (AvgIpc) is 2.11. The van der Waals surface area contributed by atoms with Gasteiger partial charge in [-0.1, -0.05) is 20.8 Å². The molecule has 0 spiro atoms. The van der Waals surface area contributed by atoms with Gasteiger partial charge in [0.05, 0.1) is 0 Å². The molecular formula is C8H10Br2S. The highest BCUT2D eigenvalue weighted by Crippen LogP contribution is 2.39. The van der Waals surface area contributed by atoms with Gasteiger partial charge in [-0.05, 0) is 37.3 Å². The monoisotopic (exact) mass is 296 g/mol. The smallest absolute Gasteiger partial charge is 0.0462 e. The normalized spacial score (nSPS) is 12.1. The third kappa shape index (κ3) is 2.07. The van der Waals surface area contributed by atoms with Crippen LogP contribution in [-0.2, 0) is 5.41 Å². The summed E-state index contributed by atoms with van der Waals surface area (Å²) in [6.07, 6.45) is 0. The molecule has 0 bridgehead atoms. The van der Waals surface area contributed by atoms with Crippen molar-refractivity contribution in [2.75, 3.05) is 0 Å². The summed E-state index contributed by atoms with van der Waals surface area (Å²) in [7, 11) is 0. The van der Waals surface area contributed by atoms with Crippen LogP contribution in [0.1, 0.15) is 25.6 Å². The van der Waals surface area contributed by atoms with Crippen LogP contribution in [0.2, 0.25) is 0 Å². The standard InChI is InChI=1S/C8H10Br2S/c1-8(2,3)7-6(10)5(9)4-11-7/h4H,1-3H3. The van der Waals surface area contributed by atoms with Gasteiger partial charge in [0.25, 0.3) is 0 Å². The maximum Gasteiger partial charge on any atom is 0.0462 e. The first kappa shape index (κ1) is 9.75. The molecule has 0 amide bonds. The predicted molar refractivity (Wildman–Crippen MR) is 58.4 cm³/mol. The highest BCUT2D eigenvalue weighted by atomic mass is 79.9. The Morgan fingerprint density at radius 1 is 1.27 bits per heavy atom. The molecule has 0 fully saturated rings. The molecule has 11 heavy (non-hydrogen) atoms. The van der Waals surface area contributed by atoms with E-state index in [1.807, 2.05) is 0 Å². The zero-order chi connectivity index (χ0) is 8.65. The molecule has 0 aliphatic carbocycles. The predicted octanol–water partition coefficient (Wildman–Crippen LogP) is 4.57. The first-order valence-electron chi connectivity index (χ1n) is 3.36. The minimum atomic E-state index is 0.246. The van der Waals surface area contributed by atoms with Crippen LogP contribution in [0.4, 0.5) is 0 Å². The Kier molecular flexibility index (Phi) is 2.83. The van der Waals surface area contributed by atoms with Crippen molar-refractivity contribution in [1.29, 1.82) is 0 Å². The summed E-state index contributed by atoms with van der Waals surface area (Å²) in [5, 5.41) is 2.12. The largest absolute Gasteiger partial charge is 0.146 e. The Morgan fingerprint density at radius 2 is 1.82 bits per heavy atom. The molecule has 0 saturated heterocycles. The van der Waals surface area contributed by atoms with Crippen LogP contribution >= 0.6 is 43.2 Å². The van der Waals surface area contributed by atoms with Crippen molar-refractivity contribution in [3.63, 3.8) is 0 Å². The Hall–Kier alpha value is 0.660. The van der Waals surface area contributed by atoms with E-state index in [2.05, 4.69) is 58.0 Å². The molecule has 0 aliphatic heterocycles.